The number of nitrogens with zero attached hydrogens (tertiary/aromatic N) is 1. The van der Waals surface area contributed by atoms with Crippen molar-refractivity contribution in [2.75, 3.05) is 13.2 Å². The first-order valence-corrected chi connectivity index (χ1v) is 10.7. The maximum absolute atomic E-state index is 13.1. The van der Waals surface area contributed by atoms with E-state index in [1.807, 2.05) is 27.7 Å². The lowest BCUT2D eigenvalue weighted by Gasteiger charge is -2.43. The van der Waals surface area contributed by atoms with E-state index in [1.165, 1.54) is 31.2 Å². The SMILES string of the molecule is CC(C)COC(=O)[C@@H]1C(=O)C[C@@](C)(O)[C@H](C(=O)OCC(C)C)[C@@H]1c1ccc([N+](=O)[O-])cc1. The fourth-order valence-electron chi connectivity index (χ4n) is 3.91. The van der Waals surface area contributed by atoms with Crippen LogP contribution in [0.25, 0.3) is 0 Å². The van der Waals surface area contributed by atoms with Crippen molar-refractivity contribution in [3.63, 3.8) is 0 Å². The van der Waals surface area contributed by atoms with Gasteiger partial charge in [-0.1, -0.05) is 39.8 Å². The molecule has 32 heavy (non-hydrogen) atoms. The van der Waals surface area contributed by atoms with Crippen LogP contribution in [0.15, 0.2) is 24.3 Å². The highest BCUT2D eigenvalue weighted by Gasteiger charge is 2.57. The second-order valence-corrected chi connectivity index (χ2v) is 9.38. The van der Waals surface area contributed by atoms with E-state index in [-0.39, 0.29) is 30.7 Å². The third kappa shape index (κ3) is 5.91. The van der Waals surface area contributed by atoms with Crippen molar-refractivity contribution >= 4 is 23.4 Å². The number of carbonyl (C=O) groups excluding carboxylic acids is 3. The Morgan fingerprint density at radius 1 is 1.09 bits per heavy atom. The minimum Gasteiger partial charge on any atom is -0.465 e. The van der Waals surface area contributed by atoms with Crippen molar-refractivity contribution in [2.24, 2.45) is 23.7 Å². The van der Waals surface area contributed by atoms with E-state index < -0.39 is 52.4 Å². The molecule has 4 atom stereocenters. The van der Waals surface area contributed by atoms with Gasteiger partial charge >= 0.3 is 11.9 Å². The van der Waals surface area contributed by atoms with Gasteiger partial charge in [-0.2, -0.15) is 0 Å². The summed E-state index contributed by atoms with van der Waals surface area (Å²) in [6.45, 7) is 8.97. The number of nitro benzene ring substituents is 1. The molecule has 0 amide bonds. The molecule has 0 aliphatic heterocycles. The van der Waals surface area contributed by atoms with Crippen molar-refractivity contribution in [3.05, 3.63) is 39.9 Å². The van der Waals surface area contributed by atoms with Crippen molar-refractivity contribution in [1.29, 1.82) is 0 Å². The molecule has 0 saturated heterocycles. The molecule has 176 valence electrons. The Bertz CT molecular complexity index is 859. The number of carbonyl (C=O) groups is 3. The lowest BCUT2D eigenvalue weighted by Crippen LogP contribution is -2.55. The average molecular weight is 450 g/mol. The molecule has 1 aromatic carbocycles. The van der Waals surface area contributed by atoms with E-state index in [2.05, 4.69) is 0 Å². The number of non-ortho nitro benzene ring substituents is 1. The summed E-state index contributed by atoms with van der Waals surface area (Å²) in [5.41, 5.74) is -1.62. The van der Waals surface area contributed by atoms with Gasteiger partial charge in [0, 0.05) is 24.5 Å². The molecule has 1 N–H and O–H groups in total. The molecule has 1 aliphatic carbocycles. The Balaban J connectivity index is 2.55. The first-order valence-electron chi connectivity index (χ1n) is 10.7. The van der Waals surface area contributed by atoms with E-state index in [9.17, 15) is 29.6 Å². The monoisotopic (exact) mass is 449 g/mol. The summed E-state index contributed by atoms with van der Waals surface area (Å²) in [7, 11) is 0. The highest BCUT2D eigenvalue weighted by molar-refractivity contribution is 6.02. The Hall–Kier alpha value is -2.81. The third-order valence-corrected chi connectivity index (χ3v) is 5.38. The van der Waals surface area contributed by atoms with Crippen molar-refractivity contribution in [1.82, 2.24) is 0 Å². The molecule has 0 spiro atoms. The normalized spacial score (nSPS) is 25.6. The minimum absolute atomic E-state index is 0.0328. The van der Waals surface area contributed by atoms with Crippen LogP contribution >= 0.6 is 0 Å². The summed E-state index contributed by atoms with van der Waals surface area (Å²) in [5, 5.41) is 22.1. The first kappa shape index (κ1) is 25.5. The smallest absolute Gasteiger partial charge is 0.317 e. The van der Waals surface area contributed by atoms with Crippen molar-refractivity contribution in [2.45, 2.75) is 52.6 Å². The number of rotatable bonds is 8. The zero-order chi connectivity index (χ0) is 24.2. The van der Waals surface area contributed by atoms with Gasteiger partial charge in [0.1, 0.15) is 5.92 Å². The van der Waals surface area contributed by atoms with Gasteiger partial charge in [-0.05, 0) is 24.3 Å². The predicted molar refractivity (Wildman–Crippen MR) is 115 cm³/mol. The van der Waals surface area contributed by atoms with Crippen molar-refractivity contribution in [3.8, 4) is 0 Å². The van der Waals surface area contributed by atoms with Crippen LogP contribution in [0, 0.1) is 33.8 Å². The highest BCUT2D eigenvalue weighted by Crippen LogP contribution is 2.47. The highest BCUT2D eigenvalue weighted by atomic mass is 16.6. The second-order valence-electron chi connectivity index (χ2n) is 9.38. The molecule has 0 bridgehead atoms. The molecule has 0 aromatic heterocycles. The van der Waals surface area contributed by atoms with Crippen LogP contribution in [0.2, 0.25) is 0 Å². The largest absolute Gasteiger partial charge is 0.465 e. The number of ether oxygens (including phenoxy) is 2. The van der Waals surface area contributed by atoms with Crippen LogP contribution in [-0.2, 0) is 23.9 Å². The fourth-order valence-corrected chi connectivity index (χ4v) is 3.91. The molecule has 9 heteroatoms. The summed E-state index contributed by atoms with van der Waals surface area (Å²) in [4.78, 5) is 49.4. The number of hydrogen-bond acceptors (Lipinski definition) is 8. The summed E-state index contributed by atoms with van der Waals surface area (Å²) in [5.74, 6) is -5.68. The van der Waals surface area contributed by atoms with E-state index in [0.717, 1.165) is 0 Å². The molecule has 1 aromatic rings. The molecule has 0 unspecified atom stereocenters. The van der Waals surface area contributed by atoms with Gasteiger partial charge in [-0.3, -0.25) is 24.5 Å². The summed E-state index contributed by atoms with van der Waals surface area (Å²) in [6.07, 6.45) is -0.417. The number of hydrogen-bond donors (Lipinski definition) is 1. The summed E-state index contributed by atoms with van der Waals surface area (Å²) < 4.78 is 10.7. The van der Waals surface area contributed by atoms with Gasteiger partial charge in [-0.15, -0.1) is 0 Å². The van der Waals surface area contributed by atoms with Gasteiger partial charge < -0.3 is 14.6 Å². The number of aliphatic hydroxyl groups is 1. The lowest BCUT2D eigenvalue weighted by atomic mass is 9.61. The molecule has 2 rings (SSSR count). The number of ketones is 1. The summed E-state index contributed by atoms with van der Waals surface area (Å²) >= 11 is 0. The van der Waals surface area contributed by atoms with Crippen LogP contribution < -0.4 is 0 Å². The zero-order valence-corrected chi connectivity index (χ0v) is 19.1. The van der Waals surface area contributed by atoms with Crippen LogP contribution in [-0.4, -0.2) is 46.6 Å². The van der Waals surface area contributed by atoms with E-state index in [1.54, 1.807) is 0 Å². The maximum Gasteiger partial charge on any atom is 0.317 e. The molecular weight excluding hydrogens is 418 g/mol. The maximum atomic E-state index is 13.1. The van der Waals surface area contributed by atoms with Crippen molar-refractivity contribution < 1.29 is 33.9 Å². The first-order chi connectivity index (χ1) is 14.8. The summed E-state index contributed by atoms with van der Waals surface area (Å²) in [6, 6.07) is 5.25. The van der Waals surface area contributed by atoms with Gasteiger partial charge in [0.15, 0.2) is 5.78 Å². The van der Waals surface area contributed by atoms with E-state index in [0.29, 0.717) is 5.56 Å². The fraction of sp³-hybridized carbons (Fsp3) is 0.609. The number of benzene rings is 1. The van der Waals surface area contributed by atoms with Gasteiger partial charge in [0.2, 0.25) is 0 Å². The minimum atomic E-state index is -1.77. The van der Waals surface area contributed by atoms with Crippen LogP contribution in [0.3, 0.4) is 0 Å². The predicted octanol–water partition coefficient (Wildman–Crippen LogP) is 3.03. The lowest BCUT2D eigenvalue weighted by molar-refractivity contribution is -0.384. The Morgan fingerprint density at radius 3 is 2.06 bits per heavy atom. The number of nitro groups is 1. The quantitative estimate of drug-likeness (QED) is 0.277. The van der Waals surface area contributed by atoms with Gasteiger partial charge in [0.05, 0.1) is 29.7 Å². The third-order valence-electron chi connectivity index (χ3n) is 5.38. The average Bonchev–Trinajstić information content (AvgIpc) is 2.69. The van der Waals surface area contributed by atoms with Crippen LogP contribution in [0.4, 0.5) is 5.69 Å². The Kier molecular flexibility index (Phi) is 8.12. The molecule has 0 heterocycles. The molecule has 1 aliphatic rings. The van der Waals surface area contributed by atoms with Gasteiger partial charge in [0.25, 0.3) is 5.69 Å². The van der Waals surface area contributed by atoms with E-state index in [4.69, 9.17) is 9.47 Å². The molecule has 1 fully saturated rings. The topological polar surface area (TPSA) is 133 Å². The molecular formula is C23H31NO8. The van der Waals surface area contributed by atoms with Crippen LogP contribution in [0.1, 0.15) is 52.5 Å². The molecule has 9 nitrogen and oxygen atoms in total. The Labute approximate surface area is 187 Å². The van der Waals surface area contributed by atoms with Crippen LogP contribution in [0.5, 0.6) is 0 Å². The standard InChI is InChI=1S/C23H31NO8/c1-13(2)11-31-21(26)19-17(25)10-23(5,28)20(22(27)32-12-14(3)4)18(19)15-6-8-16(9-7-15)24(29)30/h6-9,13-14,18-20,28H,10-12H2,1-5H3/t18-,19-,20+,23-/m1/s1. The van der Waals surface area contributed by atoms with Gasteiger partial charge in [-0.25, -0.2) is 0 Å². The second kappa shape index (κ2) is 10.2. The van der Waals surface area contributed by atoms with E-state index >= 15 is 0 Å². The Morgan fingerprint density at radius 2 is 1.59 bits per heavy atom. The number of esters is 2. The number of Topliss-reactive ketones (excluding diaryl/α,β-unsaturated/α-hetero) is 1. The molecule has 0 radical (unpaired) electrons. The zero-order valence-electron chi connectivity index (χ0n) is 19.1. The molecule has 1 saturated carbocycles.